The Kier molecular flexibility index (Phi) is 5.32. The van der Waals surface area contributed by atoms with Crippen LogP contribution in [0.3, 0.4) is 0 Å². The molecule has 3 heterocycles. The quantitative estimate of drug-likeness (QED) is 0.482. The molecule has 5 rings (SSSR count). The van der Waals surface area contributed by atoms with Crippen molar-refractivity contribution in [2.75, 3.05) is 4.90 Å². The molecule has 0 aliphatic carbocycles. The van der Waals surface area contributed by atoms with Gasteiger partial charge in [-0.05, 0) is 61.7 Å². The molecule has 2 aromatic carbocycles. The number of amides is 2. The molecular weight excluding hydrogens is 428 g/mol. The number of anilines is 1. The van der Waals surface area contributed by atoms with Gasteiger partial charge in [-0.25, -0.2) is 0 Å². The van der Waals surface area contributed by atoms with Gasteiger partial charge >= 0.3 is 0 Å². The molecule has 0 saturated heterocycles. The second-order valence-electron chi connectivity index (χ2n) is 8.90. The van der Waals surface area contributed by atoms with Crippen LogP contribution in [-0.4, -0.2) is 27.1 Å². The highest BCUT2D eigenvalue weighted by molar-refractivity contribution is 6.12. The van der Waals surface area contributed by atoms with Gasteiger partial charge in [-0.3, -0.25) is 19.2 Å². The Morgan fingerprint density at radius 3 is 2.56 bits per heavy atom. The predicted octanol–water partition coefficient (Wildman–Crippen LogP) is 4.50. The Labute approximate surface area is 198 Å². The molecule has 0 radical (unpaired) electrons. The van der Waals surface area contributed by atoms with Crippen molar-refractivity contribution in [2.45, 2.75) is 39.4 Å². The smallest absolute Gasteiger partial charge is 0.277 e. The number of aromatic nitrogens is 2. The normalized spacial score (nSPS) is 17.5. The van der Waals surface area contributed by atoms with Crippen molar-refractivity contribution < 1.29 is 14.0 Å². The Balaban J connectivity index is 1.56. The molecule has 34 heavy (non-hydrogen) atoms. The molecule has 1 aliphatic heterocycles. The third-order valence-electron chi connectivity index (χ3n) is 6.46. The summed E-state index contributed by atoms with van der Waals surface area (Å²) >= 11 is 0. The summed E-state index contributed by atoms with van der Waals surface area (Å²) in [6, 6.07) is 20.8. The molecule has 0 saturated carbocycles. The Morgan fingerprint density at radius 2 is 1.85 bits per heavy atom. The summed E-state index contributed by atoms with van der Waals surface area (Å²) in [5.41, 5.74) is 3.62. The van der Waals surface area contributed by atoms with E-state index in [1.165, 1.54) is 0 Å². The maximum Gasteiger partial charge on any atom is 0.277 e. The van der Waals surface area contributed by atoms with Gasteiger partial charge in [-0.15, -0.1) is 0 Å². The van der Waals surface area contributed by atoms with Crippen molar-refractivity contribution in [1.29, 1.82) is 0 Å². The Hall–Kier alpha value is -4.13. The molecule has 172 valence electrons. The van der Waals surface area contributed by atoms with Crippen LogP contribution in [0.4, 0.5) is 5.69 Å². The number of furan rings is 1. The summed E-state index contributed by atoms with van der Waals surface area (Å²) < 4.78 is 7.09. The van der Waals surface area contributed by atoms with Gasteiger partial charge in [0.1, 0.15) is 16.9 Å². The van der Waals surface area contributed by atoms with Crippen LogP contribution in [-0.2, 0) is 17.9 Å². The number of rotatable bonds is 5. The zero-order valence-corrected chi connectivity index (χ0v) is 19.4. The molecule has 0 fully saturated rings. The molecule has 0 unspecified atom stereocenters. The third kappa shape index (κ3) is 3.69. The lowest BCUT2D eigenvalue weighted by Gasteiger charge is -2.43. The van der Waals surface area contributed by atoms with Gasteiger partial charge in [-0.2, -0.15) is 5.10 Å². The standard InChI is InChI=1S/C27H26N4O3/c1-18-11-12-21(14-19(18)2)31-25(32)23-15-22(24-10-7-13-34-24)29-30(23)17-27(31,3)26(33)28-16-20-8-5-4-6-9-20/h4-15H,16-17H2,1-3H3,(H,28,33)/t27-/m1/s1. The molecule has 1 atom stereocenters. The van der Waals surface area contributed by atoms with Crippen LogP contribution in [0.1, 0.15) is 34.1 Å². The minimum absolute atomic E-state index is 0.211. The lowest BCUT2D eigenvalue weighted by molar-refractivity contribution is -0.126. The van der Waals surface area contributed by atoms with Gasteiger partial charge in [0, 0.05) is 18.3 Å². The van der Waals surface area contributed by atoms with Crippen molar-refractivity contribution in [3.63, 3.8) is 0 Å². The van der Waals surface area contributed by atoms with Crippen LogP contribution in [0.15, 0.2) is 77.4 Å². The van der Waals surface area contributed by atoms with E-state index in [1.54, 1.807) is 41.0 Å². The lowest BCUT2D eigenvalue weighted by atomic mass is 9.93. The average Bonchev–Trinajstić information content (AvgIpc) is 3.50. The molecular formula is C27H26N4O3. The number of nitrogens with one attached hydrogen (secondary N) is 1. The second-order valence-corrected chi connectivity index (χ2v) is 8.90. The Morgan fingerprint density at radius 1 is 1.06 bits per heavy atom. The highest BCUT2D eigenvalue weighted by Crippen LogP contribution is 2.35. The summed E-state index contributed by atoms with van der Waals surface area (Å²) in [5, 5.41) is 7.62. The van der Waals surface area contributed by atoms with E-state index in [2.05, 4.69) is 10.4 Å². The molecule has 2 aromatic heterocycles. The monoisotopic (exact) mass is 454 g/mol. The number of carbonyl (C=O) groups excluding carboxylic acids is 2. The number of hydrogen-bond donors (Lipinski definition) is 1. The largest absolute Gasteiger partial charge is 0.463 e. The molecule has 4 aromatic rings. The van der Waals surface area contributed by atoms with Crippen LogP contribution >= 0.6 is 0 Å². The third-order valence-corrected chi connectivity index (χ3v) is 6.46. The van der Waals surface area contributed by atoms with Crippen molar-refractivity contribution in [1.82, 2.24) is 15.1 Å². The van der Waals surface area contributed by atoms with E-state index in [0.717, 1.165) is 16.7 Å². The minimum Gasteiger partial charge on any atom is -0.463 e. The second kappa shape index (κ2) is 8.33. The van der Waals surface area contributed by atoms with E-state index >= 15 is 0 Å². The number of aryl methyl sites for hydroxylation is 2. The Bertz CT molecular complexity index is 1360. The van der Waals surface area contributed by atoms with Crippen LogP contribution in [0.5, 0.6) is 0 Å². The van der Waals surface area contributed by atoms with E-state index in [-0.39, 0.29) is 18.4 Å². The summed E-state index contributed by atoms with van der Waals surface area (Å²) in [5.74, 6) is 0.0449. The number of nitrogens with zero attached hydrogens (tertiary/aromatic N) is 3. The average molecular weight is 455 g/mol. The first-order chi connectivity index (χ1) is 16.4. The fraction of sp³-hybridized carbons (Fsp3) is 0.222. The fourth-order valence-electron chi connectivity index (χ4n) is 4.36. The van der Waals surface area contributed by atoms with Crippen LogP contribution < -0.4 is 10.2 Å². The summed E-state index contributed by atoms with van der Waals surface area (Å²) in [7, 11) is 0. The molecule has 1 N–H and O–H groups in total. The predicted molar refractivity (Wildman–Crippen MR) is 129 cm³/mol. The van der Waals surface area contributed by atoms with Gasteiger partial charge < -0.3 is 9.73 Å². The van der Waals surface area contributed by atoms with E-state index in [4.69, 9.17) is 4.42 Å². The van der Waals surface area contributed by atoms with Crippen LogP contribution in [0.2, 0.25) is 0 Å². The van der Waals surface area contributed by atoms with Crippen molar-refractivity contribution >= 4 is 17.5 Å². The van der Waals surface area contributed by atoms with Crippen molar-refractivity contribution in [3.05, 3.63) is 95.4 Å². The number of benzene rings is 2. The molecule has 0 bridgehead atoms. The zero-order chi connectivity index (χ0) is 23.9. The maximum absolute atomic E-state index is 13.8. The zero-order valence-electron chi connectivity index (χ0n) is 19.4. The molecule has 7 nitrogen and oxygen atoms in total. The number of carbonyl (C=O) groups is 2. The van der Waals surface area contributed by atoms with Crippen molar-refractivity contribution in [3.8, 4) is 11.5 Å². The van der Waals surface area contributed by atoms with E-state index < -0.39 is 5.54 Å². The first-order valence-electron chi connectivity index (χ1n) is 11.2. The van der Waals surface area contributed by atoms with Crippen LogP contribution in [0, 0.1) is 13.8 Å². The van der Waals surface area contributed by atoms with Crippen LogP contribution in [0.25, 0.3) is 11.5 Å². The van der Waals surface area contributed by atoms with Gasteiger partial charge in [0.25, 0.3) is 5.91 Å². The minimum atomic E-state index is -1.19. The fourth-order valence-corrected chi connectivity index (χ4v) is 4.36. The summed E-state index contributed by atoms with van der Waals surface area (Å²) in [6.45, 7) is 6.39. The molecule has 0 spiro atoms. The van der Waals surface area contributed by atoms with Crippen molar-refractivity contribution in [2.24, 2.45) is 0 Å². The summed E-state index contributed by atoms with van der Waals surface area (Å²) in [4.78, 5) is 29.1. The topological polar surface area (TPSA) is 80.4 Å². The molecule has 7 heteroatoms. The van der Waals surface area contributed by atoms with Gasteiger partial charge in [0.15, 0.2) is 5.76 Å². The first kappa shape index (κ1) is 21.7. The van der Waals surface area contributed by atoms with E-state index in [9.17, 15) is 9.59 Å². The molecule has 2 amide bonds. The van der Waals surface area contributed by atoms with Gasteiger partial charge in [0.05, 0.1) is 12.8 Å². The maximum atomic E-state index is 13.8. The van der Waals surface area contributed by atoms with E-state index in [1.807, 2.05) is 62.4 Å². The SMILES string of the molecule is Cc1ccc(N2C(=O)c3cc(-c4ccco4)nn3C[C@]2(C)C(=O)NCc2ccccc2)cc1C. The van der Waals surface area contributed by atoms with Gasteiger partial charge in [0.2, 0.25) is 5.91 Å². The lowest BCUT2D eigenvalue weighted by Crippen LogP contribution is -2.64. The van der Waals surface area contributed by atoms with E-state index in [0.29, 0.717) is 29.4 Å². The summed E-state index contributed by atoms with van der Waals surface area (Å²) in [6.07, 6.45) is 1.57. The highest BCUT2D eigenvalue weighted by atomic mass is 16.3. The number of hydrogen-bond acceptors (Lipinski definition) is 4. The highest BCUT2D eigenvalue weighted by Gasteiger charge is 2.49. The first-order valence-corrected chi connectivity index (χ1v) is 11.2. The van der Waals surface area contributed by atoms with Gasteiger partial charge in [-0.1, -0.05) is 36.4 Å². The number of fused-ring (bicyclic) bond motifs is 1. The molecule has 1 aliphatic rings.